The number of amides is 1. The summed E-state index contributed by atoms with van der Waals surface area (Å²) >= 11 is 0. The normalized spacial score (nSPS) is 20.0. The average Bonchev–Trinajstić information content (AvgIpc) is 2.36. The van der Waals surface area contributed by atoms with Gasteiger partial charge in [0.05, 0.1) is 6.61 Å². The number of hydrogen-bond acceptors (Lipinski definition) is 4. The summed E-state index contributed by atoms with van der Waals surface area (Å²) in [6, 6.07) is -0.460. The highest BCUT2D eigenvalue weighted by molar-refractivity contribution is 5.85. The van der Waals surface area contributed by atoms with E-state index in [1.807, 2.05) is 0 Å². The molecule has 1 fully saturated rings. The van der Waals surface area contributed by atoms with Crippen LogP contribution < -0.4 is 5.32 Å². The van der Waals surface area contributed by atoms with Crippen molar-refractivity contribution in [3.63, 3.8) is 0 Å². The summed E-state index contributed by atoms with van der Waals surface area (Å²) in [6.07, 6.45) is 1.37. The molecular weight excluding hydrogens is 232 g/mol. The van der Waals surface area contributed by atoms with Crippen LogP contribution in [-0.2, 0) is 14.3 Å². The number of esters is 1. The van der Waals surface area contributed by atoms with Crippen molar-refractivity contribution in [2.45, 2.75) is 39.7 Å². The van der Waals surface area contributed by atoms with E-state index < -0.39 is 6.04 Å². The number of ether oxygens (including phenoxy) is 1. The Kier molecular flexibility index (Phi) is 6.12. The maximum Gasteiger partial charge on any atom is 0.330 e. The van der Waals surface area contributed by atoms with E-state index in [9.17, 15) is 9.59 Å². The molecule has 1 heterocycles. The quantitative estimate of drug-likeness (QED) is 0.739. The van der Waals surface area contributed by atoms with Gasteiger partial charge in [0.2, 0.25) is 5.91 Å². The molecule has 1 atom stereocenters. The minimum atomic E-state index is -0.460. The minimum Gasteiger partial charge on any atom is -0.464 e. The summed E-state index contributed by atoms with van der Waals surface area (Å²) in [7, 11) is 0. The zero-order valence-corrected chi connectivity index (χ0v) is 11.6. The molecule has 104 valence electrons. The van der Waals surface area contributed by atoms with Crippen LogP contribution in [-0.4, -0.2) is 49.1 Å². The minimum absolute atomic E-state index is 0.0586. The van der Waals surface area contributed by atoms with E-state index in [0.29, 0.717) is 32.0 Å². The second kappa shape index (κ2) is 7.36. The monoisotopic (exact) mass is 256 g/mol. The van der Waals surface area contributed by atoms with Crippen molar-refractivity contribution in [1.29, 1.82) is 0 Å². The van der Waals surface area contributed by atoms with Crippen molar-refractivity contribution in [2.24, 2.45) is 5.92 Å². The second-order valence-electron chi connectivity index (χ2n) is 4.99. The topological polar surface area (TPSA) is 58.6 Å². The highest BCUT2D eigenvalue weighted by Gasteiger charge is 2.32. The van der Waals surface area contributed by atoms with Crippen LogP contribution in [0.1, 0.15) is 33.6 Å². The smallest absolute Gasteiger partial charge is 0.330 e. The van der Waals surface area contributed by atoms with Crippen LogP contribution in [0.2, 0.25) is 0 Å². The first-order chi connectivity index (χ1) is 8.56. The molecule has 1 aliphatic heterocycles. The lowest BCUT2D eigenvalue weighted by Crippen LogP contribution is -2.57. The van der Waals surface area contributed by atoms with Crippen molar-refractivity contribution in [2.75, 3.05) is 26.2 Å². The molecule has 5 heteroatoms. The number of hydrogen-bond donors (Lipinski definition) is 1. The van der Waals surface area contributed by atoms with Crippen molar-refractivity contribution < 1.29 is 14.3 Å². The standard InChI is InChI=1S/C13H24N2O3/c1-4-18-13(17)11-9-14-7-8-15(11)12(16)6-5-10(2)3/h10-11,14H,4-9H2,1-3H3. The van der Waals surface area contributed by atoms with Crippen molar-refractivity contribution in [1.82, 2.24) is 10.2 Å². The van der Waals surface area contributed by atoms with Crippen molar-refractivity contribution in [3.05, 3.63) is 0 Å². The van der Waals surface area contributed by atoms with Gasteiger partial charge in [-0.05, 0) is 19.3 Å². The molecule has 0 radical (unpaired) electrons. The summed E-state index contributed by atoms with van der Waals surface area (Å²) in [5, 5.41) is 3.13. The van der Waals surface area contributed by atoms with Gasteiger partial charge in [-0.15, -0.1) is 0 Å². The van der Waals surface area contributed by atoms with Gasteiger partial charge < -0.3 is 15.0 Å². The number of rotatable bonds is 5. The van der Waals surface area contributed by atoms with Crippen LogP contribution in [0.5, 0.6) is 0 Å². The molecule has 1 saturated heterocycles. The number of carbonyl (C=O) groups excluding carboxylic acids is 2. The predicted octanol–water partition coefficient (Wildman–Crippen LogP) is 0.786. The molecule has 0 aliphatic carbocycles. The van der Waals surface area contributed by atoms with E-state index in [-0.39, 0.29) is 11.9 Å². The molecule has 0 saturated carbocycles. The Balaban J connectivity index is 2.58. The third-order valence-corrected chi connectivity index (χ3v) is 3.06. The molecule has 0 aromatic rings. The largest absolute Gasteiger partial charge is 0.464 e. The number of nitrogens with zero attached hydrogens (tertiary/aromatic N) is 1. The molecule has 18 heavy (non-hydrogen) atoms. The molecular formula is C13H24N2O3. The molecule has 0 aromatic heterocycles. The molecule has 0 bridgehead atoms. The zero-order chi connectivity index (χ0) is 13.5. The van der Waals surface area contributed by atoms with Gasteiger partial charge >= 0.3 is 5.97 Å². The predicted molar refractivity (Wildman–Crippen MR) is 69.1 cm³/mol. The first kappa shape index (κ1) is 15.0. The number of carbonyl (C=O) groups is 2. The van der Waals surface area contributed by atoms with Crippen LogP contribution in [0.15, 0.2) is 0 Å². The van der Waals surface area contributed by atoms with Gasteiger partial charge in [-0.3, -0.25) is 4.79 Å². The Hall–Kier alpha value is -1.10. The summed E-state index contributed by atoms with van der Waals surface area (Å²) in [4.78, 5) is 25.6. The highest BCUT2D eigenvalue weighted by atomic mass is 16.5. The molecule has 1 amide bonds. The fourth-order valence-electron chi connectivity index (χ4n) is 2.01. The van der Waals surface area contributed by atoms with Gasteiger partial charge in [0, 0.05) is 26.1 Å². The molecule has 0 aromatic carbocycles. The maximum absolute atomic E-state index is 12.1. The third kappa shape index (κ3) is 4.29. The number of nitrogens with one attached hydrogen (secondary N) is 1. The highest BCUT2D eigenvalue weighted by Crippen LogP contribution is 2.11. The Labute approximate surface area is 109 Å². The van der Waals surface area contributed by atoms with Crippen LogP contribution in [0, 0.1) is 5.92 Å². The number of piperazine rings is 1. The summed E-state index contributed by atoms with van der Waals surface area (Å²) in [6.45, 7) is 8.13. The maximum atomic E-state index is 12.1. The van der Waals surface area contributed by atoms with Crippen LogP contribution in [0.25, 0.3) is 0 Å². The van der Waals surface area contributed by atoms with Gasteiger partial charge in [-0.1, -0.05) is 13.8 Å². The SMILES string of the molecule is CCOC(=O)C1CNCCN1C(=O)CCC(C)C. The van der Waals surface area contributed by atoms with E-state index in [1.54, 1.807) is 11.8 Å². The van der Waals surface area contributed by atoms with Crippen LogP contribution >= 0.6 is 0 Å². The van der Waals surface area contributed by atoms with Gasteiger partial charge in [-0.25, -0.2) is 4.79 Å². The van der Waals surface area contributed by atoms with E-state index in [1.165, 1.54) is 0 Å². The lowest BCUT2D eigenvalue weighted by molar-refractivity contribution is -0.155. The Bertz CT molecular complexity index is 292. The summed E-state index contributed by atoms with van der Waals surface area (Å²) in [5.74, 6) is 0.253. The Morgan fingerprint density at radius 1 is 1.44 bits per heavy atom. The fraction of sp³-hybridized carbons (Fsp3) is 0.846. The molecule has 1 N–H and O–H groups in total. The van der Waals surface area contributed by atoms with E-state index in [0.717, 1.165) is 13.0 Å². The molecule has 1 aliphatic rings. The van der Waals surface area contributed by atoms with Crippen molar-refractivity contribution >= 4 is 11.9 Å². The van der Waals surface area contributed by atoms with Crippen molar-refractivity contribution in [3.8, 4) is 0 Å². The first-order valence-corrected chi connectivity index (χ1v) is 6.73. The molecule has 0 spiro atoms. The summed E-state index contributed by atoms with van der Waals surface area (Å²) in [5.41, 5.74) is 0. The van der Waals surface area contributed by atoms with Gasteiger partial charge in [0.25, 0.3) is 0 Å². The van der Waals surface area contributed by atoms with Crippen LogP contribution in [0.3, 0.4) is 0 Å². The van der Waals surface area contributed by atoms with E-state index in [2.05, 4.69) is 19.2 Å². The fourth-order valence-corrected chi connectivity index (χ4v) is 2.01. The first-order valence-electron chi connectivity index (χ1n) is 6.73. The molecule has 1 rings (SSSR count). The molecule has 1 unspecified atom stereocenters. The Morgan fingerprint density at radius 3 is 2.78 bits per heavy atom. The van der Waals surface area contributed by atoms with Gasteiger partial charge in [-0.2, -0.15) is 0 Å². The zero-order valence-electron chi connectivity index (χ0n) is 11.6. The van der Waals surface area contributed by atoms with Gasteiger partial charge in [0.15, 0.2) is 0 Å². The van der Waals surface area contributed by atoms with E-state index >= 15 is 0 Å². The lowest BCUT2D eigenvalue weighted by Gasteiger charge is -2.34. The Morgan fingerprint density at radius 2 is 2.17 bits per heavy atom. The lowest BCUT2D eigenvalue weighted by atomic mass is 10.1. The van der Waals surface area contributed by atoms with E-state index in [4.69, 9.17) is 4.74 Å². The van der Waals surface area contributed by atoms with Crippen LogP contribution in [0.4, 0.5) is 0 Å². The average molecular weight is 256 g/mol. The second-order valence-corrected chi connectivity index (χ2v) is 4.99. The summed E-state index contributed by atoms with van der Waals surface area (Å²) < 4.78 is 5.01. The molecule has 5 nitrogen and oxygen atoms in total. The third-order valence-electron chi connectivity index (χ3n) is 3.06. The van der Waals surface area contributed by atoms with Gasteiger partial charge in [0.1, 0.15) is 6.04 Å².